The normalized spacial score (nSPS) is 24.5. The molecule has 0 aliphatic heterocycles. The quantitative estimate of drug-likeness (QED) is 0.703. The third-order valence-electron chi connectivity index (χ3n) is 4.04. The standard InChI is InChI=1S/C14H28N2O4S/c1-10(2)12(9-16(3)4)15-21(18,19)13-8-6-7-11(13)14(17)20-5/h10-13,15H,6-9H2,1-5H3. The van der Waals surface area contributed by atoms with Gasteiger partial charge in [-0.1, -0.05) is 20.3 Å². The smallest absolute Gasteiger partial charge is 0.310 e. The molecular formula is C14H28N2O4S. The zero-order chi connectivity index (χ0) is 16.2. The molecule has 0 amide bonds. The van der Waals surface area contributed by atoms with Gasteiger partial charge < -0.3 is 9.64 Å². The summed E-state index contributed by atoms with van der Waals surface area (Å²) in [5.41, 5.74) is 0. The topological polar surface area (TPSA) is 75.7 Å². The van der Waals surface area contributed by atoms with Crippen LogP contribution in [-0.2, 0) is 19.6 Å². The molecule has 0 aromatic carbocycles. The van der Waals surface area contributed by atoms with Crippen LogP contribution in [0.5, 0.6) is 0 Å². The van der Waals surface area contributed by atoms with Gasteiger partial charge >= 0.3 is 5.97 Å². The number of methoxy groups -OCH3 is 1. The molecule has 1 fully saturated rings. The maximum atomic E-state index is 12.6. The predicted molar refractivity (Wildman–Crippen MR) is 82.4 cm³/mol. The minimum absolute atomic E-state index is 0.163. The van der Waals surface area contributed by atoms with Gasteiger partial charge in [-0.2, -0.15) is 0 Å². The lowest BCUT2D eigenvalue weighted by atomic mass is 10.1. The van der Waals surface area contributed by atoms with E-state index >= 15 is 0 Å². The highest BCUT2D eigenvalue weighted by molar-refractivity contribution is 7.90. The van der Waals surface area contributed by atoms with Crippen LogP contribution in [0.1, 0.15) is 33.1 Å². The van der Waals surface area contributed by atoms with Gasteiger partial charge in [0.2, 0.25) is 10.0 Å². The number of hydrogen-bond donors (Lipinski definition) is 1. The summed E-state index contributed by atoms with van der Waals surface area (Å²) in [6.45, 7) is 4.61. The third kappa shape index (κ3) is 4.93. The Morgan fingerprint density at radius 1 is 1.33 bits per heavy atom. The summed E-state index contributed by atoms with van der Waals surface area (Å²) in [6.07, 6.45) is 1.84. The average molecular weight is 320 g/mol. The van der Waals surface area contributed by atoms with Crippen LogP contribution in [0.4, 0.5) is 0 Å². The predicted octanol–water partition coefficient (Wildman–Crippen LogP) is 0.834. The molecule has 7 heteroatoms. The second-order valence-electron chi connectivity index (χ2n) is 6.37. The molecule has 0 bridgehead atoms. The Balaban J connectivity index is 2.86. The van der Waals surface area contributed by atoms with Crippen LogP contribution in [0.3, 0.4) is 0 Å². The van der Waals surface area contributed by atoms with Crippen molar-refractivity contribution in [2.24, 2.45) is 11.8 Å². The number of likely N-dealkylation sites (N-methyl/N-ethyl adjacent to an activating group) is 1. The molecule has 3 unspecified atom stereocenters. The van der Waals surface area contributed by atoms with Crippen molar-refractivity contribution in [3.05, 3.63) is 0 Å². The highest BCUT2D eigenvalue weighted by Gasteiger charge is 2.43. The second-order valence-corrected chi connectivity index (χ2v) is 8.31. The minimum Gasteiger partial charge on any atom is -0.469 e. The summed E-state index contributed by atoms with van der Waals surface area (Å²) in [6, 6.07) is -0.163. The van der Waals surface area contributed by atoms with Crippen molar-refractivity contribution in [3.63, 3.8) is 0 Å². The molecule has 1 saturated carbocycles. The zero-order valence-electron chi connectivity index (χ0n) is 13.6. The van der Waals surface area contributed by atoms with E-state index in [1.54, 1.807) is 0 Å². The fourth-order valence-corrected chi connectivity index (χ4v) is 4.89. The van der Waals surface area contributed by atoms with E-state index in [4.69, 9.17) is 4.74 Å². The Hall–Kier alpha value is -0.660. The Morgan fingerprint density at radius 3 is 2.43 bits per heavy atom. The van der Waals surface area contributed by atoms with E-state index in [0.717, 1.165) is 6.42 Å². The van der Waals surface area contributed by atoms with Crippen LogP contribution in [0.15, 0.2) is 0 Å². The van der Waals surface area contributed by atoms with Crippen LogP contribution in [0.25, 0.3) is 0 Å². The Morgan fingerprint density at radius 2 is 1.95 bits per heavy atom. The van der Waals surface area contributed by atoms with Gasteiger partial charge in [-0.3, -0.25) is 4.79 Å². The molecule has 1 aliphatic carbocycles. The van der Waals surface area contributed by atoms with Gasteiger partial charge in [0, 0.05) is 12.6 Å². The highest BCUT2D eigenvalue weighted by Crippen LogP contribution is 2.32. The molecule has 0 spiro atoms. The SMILES string of the molecule is COC(=O)C1CCCC1S(=O)(=O)NC(CN(C)C)C(C)C. The van der Waals surface area contributed by atoms with Crippen molar-refractivity contribution in [1.82, 2.24) is 9.62 Å². The minimum atomic E-state index is -3.53. The average Bonchev–Trinajstić information content (AvgIpc) is 2.86. The fourth-order valence-electron chi connectivity index (χ4n) is 2.79. The van der Waals surface area contributed by atoms with Crippen molar-refractivity contribution in [2.45, 2.75) is 44.4 Å². The van der Waals surface area contributed by atoms with Crippen molar-refractivity contribution in [1.29, 1.82) is 0 Å². The zero-order valence-corrected chi connectivity index (χ0v) is 14.4. The van der Waals surface area contributed by atoms with Gasteiger partial charge in [-0.15, -0.1) is 0 Å². The molecule has 0 heterocycles. The largest absolute Gasteiger partial charge is 0.469 e. The monoisotopic (exact) mass is 320 g/mol. The van der Waals surface area contributed by atoms with Crippen molar-refractivity contribution < 1.29 is 17.9 Å². The van der Waals surface area contributed by atoms with Gasteiger partial charge in [0.15, 0.2) is 0 Å². The number of sulfonamides is 1. The van der Waals surface area contributed by atoms with Crippen LogP contribution in [0, 0.1) is 11.8 Å². The molecular weight excluding hydrogens is 292 g/mol. The Labute approximate surface area is 128 Å². The lowest BCUT2D eigenvalue weighted by molar-refractivity contribution is -0.145. The molecule has 1 N–H and O–H groups in total. The Bertz CT molecular complexity index is 448. The number of hydrogen-bond acceptors (Lipinski definition) is 5. The Kier molecular flexibility index (Phi) is 6.62. The number of ether oxygens (including phenoxy) is 1. The van der Waals surface area contributed by atoms with Gasteiger partial charge in [-0.25, -0.2) is 13.1 Å². The first-order chi connectivity index (χ1) is 9.69. The van der Waals surface area contributed by atoms with Gasteiger partial charge in [-0.05, 0) is 32.9 Å². The van der Waals surface area contributed by atoms with Gasteiger partial charge in [0.05, 0.1) is 18.3 Å². The number of carbonyl (C=O) groups excluding carboxylic acids is 1. The summed E-state index contributed by atoms with van der Waals surface area (Å²) in [5, 5.41) is -0.673. The van der Waals surface area contributed by atoms with Crippen molar-refractivity contribution in [2.75, 3.05) is 27.7 Å². The lowest BCUT2D eigenvalue weighted by Gasteiger charge is -2.28. The number of carbonyl (C=O) groups is 1. The number of nitrogens with one attached hydrogen (secondary N) is 1. The molecule has 21 heavy (non-hydrogen) atoms. The second kappa shape index (κ2) is 7.56. The summed E-state index contributed by atoms with van der Waals surface area (Å²) >= 11 is 0. The molecule has 0 radical (unpaired) electrons. The van der Waals surface area contributed by atoms with Crippen LogP contribution < -0.4 is 4.72 Å². The first-order valence-electron chi connectivity index (χ1n) is 7.42. The van der Waals surface area contributed by atoms with Crippen LogP contribution >= 0.6 is 0 Å². The summed E-state index contributed by atoms with van der Waals surface area (Å²) in [7, 11) is 1.60. The molecule has 3 atom stereocenters. The van der Waals surface area contributed by atoms with Gasteiger partial charge in [0.25, 0.3) is 0 Å². The van der Waals surface area contributed by atoms with Crippen LogP contribution in [-0.4, -0.2) is 58.3 Å². The van der Waals surface area contributed by atoms with E-state index < -0.39 is 27.2 Å². The number of nitrogens with zero attached hydrogens (tertiary/aromatic N) is 1. The van der Waals surface area contributed by atoms with E-state index in [1.807, 2.05) is 32.8 Å². The van der Waals surface area contributed by atoms with E-state index in [9.17, 15) is 13.2 Å². The van der Waals surface area contributed by atoms with Crippen molar-refractivity contribution >= 4 is 16.0 Å². The molecule has 0 saturated heterocycles. The molecule has 0 aromatic heterocycles. The summed E-state index contributed by atoms with van der Waals surface area (Å²) in [5.74, 6) is -0.781. The molecule has 0 aromatic rings. The molecule has 124 valence electrons. The maximum absolute atomic E-state index is 12.6. The molecule has 6 nitrogen and oxygen atoms in total. The van der Waals surface area contributed by atoms with Gasteiger partial charge in [0.1, 0.15) is 0 Å². The molecule has 1 rings (SSSR count). The van der Waals surface area contributed by atoms with Crippen molar-refractivity contribution in [3.8, 4) is 0 Å². The first-order valence-corrected chi connectivity index (χ1v) is 8.97. The number of esters is 1. The van der Waals surface area contributed by atoms with E-state index in [2.05, 4.69) is 4.72 Å². The summed E-state index contributed by atoms with van der Waals surface area (Å²) < 4.78 is 32.8. The maximum Gasteiger partial charge on any atom is 0.310 e. The van der Waals surface area contributed by atoms with E-state index in [1.165, 1.54) is 7.11 Å². The highest BCUT2D eigenvalue weighted by atomic mass is 32.2. The molecule has 1 aliphatic rings. The van der Waals surface area contributed by atoms with E-state index in [-0.39, 0.29) is 12.0 Å². The van der Waals surface area contributed by atoms with Crippen LogP contribution in [0.2, 0.25) is 0 Å². The summed E-state index contributed by atoms with van der Waals surface area (Å²) in [4.78, 5) is 13.7. The van der Waals surface area contributed by atoms with E-state index in [0.29, 0.717) is 19.4 Å². The fraction of sp³-hybridized carbons (Fsp3) is 0.929. The third-order valence-corrected chi connectivity index (χ3v) is 6.03. The lowest BCUT2D eigenvalue weighted by Crippen LogP contribution is -2.49. The number of rotatable bonds is 7. The first kappa shape index (κ1) is 18.4.